The minimum atomic E-state index is -0.0911. The fourth-order valence-corrected chi connectivity index (χ4v) is 2.71. The van der Waals surface area contributed by atoms with Crippen LogP contribution in [0.3, 0.4) is 0 Å². The molecule has 1 aromatic heterocycles. The van der Waals surface area contributed by atoms with Gasteiger partial charge in [-0.3, -0.25) is 4.79 Å². The molecule has 0 atom stereocenters. The van der Waals surface area contributed by atoms with Crippen molar-refractivity contribution < 1.29 is 9.53 Å². The average molecular weight is 370 g/mol. The number of hydrogen-bond acceptors (Lipinski definition) is 5. The van der Waals surface area contributed by atoms with E-state index < -0.39 is 0 Å². The lowest BCUT2D eigenvalue weighted by atomic mass is 10.1. The Hall–Kier alpha value is -3.80. The van der Waals surface area contributed by atoms with E-state index in [2.05, 4.69) is 15.4 Å². The Morgan fingerprint density at radius 3 is 2.25 bits per heavy atom. The van der Waals surface area contributed by atoms with Crippen molar-refractivity contribution in [2.45, 2.75) is 13.2 Å². The zero-order valence-electron chi connectivity index (χ0n) is 15.1. The van der Waals surface area contributed by atoms with Gasteiger partial charge in [0.1, 0.15) is 18.9 Å². The summed E-state index contributed by atoms with van der Waals surface area (Å²) >= 11 is 0. The molecule has 0 spiro atoms. The van der Waals surface area contributed by atoms with E-state index in [0.29, 0.717) is 23.7 Å². The van der Waals surface area contributed by atoms with Gasteiger partial charge in [-0.25, -0.2) is 0 Å². The monoisotopic (exact) mass is 370 g/mol. The molecule has 0 radical (unpaired) electrons. The van der Waals surface area contributed by atoms with E-state index in [0.717, 1.165) is 11.1 Å². The highest BCUT2D eigenvalue weighted by molar-refractivity contribution is 5.95. The summed E-state index contributed by atoms with van der Waals surface area (Å²) in [6, 6.07) is 26.5. The lowest BCUT2D eigenvalue weighted by Gasteiger charge is -2.07. The third kappa shape index (κ3) is 4.29. The van der Waals surface area contributed by atoms with E-state index in [1.165, 1.54) is 4.80 Å². The molecule has 4 rings (SSSR count). The Morgan fingerprint density at radius 2 is 1.54 bits per heavy atom. The van der Waals surface area contributed by atoms with Gasteiger partial charge < -0.3 is 4.74 Å². The van der Waals surface area contributed by atoms with E-state index in [4.69, 9.17) is 4.74 Å². The third-order valence-corrected chi connectivity index (χ3v) is 4.19. The first-order valence-corrected chi connectivity index (χ1v) is 8.91. The average Bonchev–Trinajstić information content (AvgIpc) is 3.22. The third-order valence-electron chi connectivity index (χ3n) is 4.19. The lowest BCUT2D eigenvalue weighted by Crippen LogP contribution is -2.13. The lowest BCUT2D eigenvalue weighted by molar-refractivity contribution is 0.0961. The highest BCUT2D eigenvalue weighted by Crippen LogP contribution is 2.16. The summed E-state index contributed by atoms with van der Waals surface area (Å²) in [6.07, 6.45) is 0. The zero-order chi connectivity index (χ0) is 19.2. The maximum absolute atomic E-state index is 12.5. The highest BCUT2D eigenvalue weighted by atomic mass is 16.5. The number of ether oxygens (including phenoxy) is 1. The first-order valence-electron chi connectivity index (χ1n) is 8.91. The molecule has 1 heterocycles. The predicted molar refractivity (Wildman–Crippen MR) is 105 cm³/mol. The smallest absolute Gasteiger partial charge is 0.204 e. The number of carbonyl (C=O) groups excluding carboxylic acids is 1. The molecule has 0 amide bonds. The van der Waals surface area contributed by atoms with Gasteiger partial charge in [0.05, 0.1) is 0 Å². The second kappa shape index (κ2) is 8.26. The Kier molecular flexibility index (Phi) is 5.20. The number of aromatic nitrogens is 4. The van der Waals surface area contributed by atoms with Crippen molar-refractivity contribution in [2.75, 3.05) is 0 Å². The summed E-state index contributed by atoms with van der Waals surface area (Å²) in [5.41, 5.74) is 2.53. The minimum Gasteiger partial charge on any atom is -0.489 e. The van der Waals surface area contributed by atoms with Crippen molar-refractivity contribution in [3.8, 4) is 17.1 Å². The summed E-state index contributed by atoms with van der Waals surface area (Å²) in [7, 11) is 0. The van der Waals surface area contributed by atoms with Crippen LogP contribution in [0.25, 0.3) is 11.4 Å². The number of rotatable bonds is 7. The van der Waals surface area contributed by atoms with Crippen molar-refractivity contribution in [3.05, 3.63) is 96.1 Å². The first kappa shape index (κ1) is 17.6. The molecule has 3 aromatic carbocycles. The molecule has 0 fully saturated rings. The molecule has 0 saturated carbocycles. The Morgan fingerprint density at radius 1 is 0.857 bits per heavy atom. The molecule has 0 aliphatic carbocycles. The van der Waals surface area contributed by atoms with Crippen LogP contribution in [-0.2, 0) is 13.2 Å². The van der Waals surface area contributed by atoms with Gasteiger partial charge in [0.25, 0.3) is 0 Å². The molecule has 0 N–H and O–H groups in total. The Balaban J connectivity index is 1.37. The van der Waals surface area contributed by atoms with Crippen LogP contribution in [0, 0.1) is 0 Å². The van der Waals surface area contributed by atoms with E-state index in [-0.39, 0.29) is 12.3 Å². The van der Waals surface area contributed by atoms with Crippen LogP contribution >= 0.6 is 0 Å². The molecule has 0 unspecified atom stereocenters. The van der Waals surface area contributed by atoms with Crippen LogP contribution in [0.15, 0.2) is 84.9 Å². The molecular weight excluding hydrogens is 352 g/mol. The molecular formula is C22H18N4O2. The standard InChI is InChI=1S/C22H18N4O2/c27-21(15-26-24-22(23-25-26)19-9-5-2-6-10-19)18-11-13-20(14-12-18)28-16-17-7-3-1-4-8-17/h1-14H,15-16H2. The van der Waals surface area contributed by atoms with Crippen molar-refractivity contribution in [2.24, 2.45) is 0 Å². The van der Waals surface area contributed by atoms with Crippen LogP contribution in [0.4, 0.5) is 0 Å². The fraction of sp³-hybridized carbons (Fsp3) is 0.0909. The van der Waals surface area contributed by atoms with E-state index in [1.54, 1.807) is 24.3 Å². The second-order valence-corrected chi connectivity index (χ2v) is 6.23. The summed E-state index contributed by atoms with van der Waals surface area (Å²) in [4.78, 5) is 13.8. The van der Waals surface area contributed by atoms with E-state index in [9.17, 15) is 4.79 Å². The van der Waals surface area contributed by atoms with Crippen molar-refractivity contribution >= 4 is 5.78 Å². The number of ketones is 1. The Bertz CT molecular complexity index is 1040. The summed E-state index contributed by atoms with van der Waals surface area (Å²) in [5.74, 6) is 1.12. The highest BCUT2D eigenvalue weighted by Gasteiger charge is 2.11. The van der Waals surface area contributed by atoms with Crippen LogP contribution in [-0.4, -0.2) is 26.0 Å². The minimum absolute atomic E-state index is 0.0318. The maximum Gasteiger partial charge on any atom is 0.204 e. The molecule has 6 nitrogen and oxygen atoms in total. The molecule has 28 heavy (non-hydrogen) atoms. The van der Waals surface area contributed by atoms with Crippen molar-refractivity contribution in [1.82, 2.24) is 20.2 Å². The first-order chi connectivity index (χ1) is 13.8. The zero-order valence-corrected chi connectivity index (χ0v) is 15.1. The summed E-state index contributed by atoms with van der Waals surface area (Å²) in [5, 5.41) is 12.3. The van der Waals surface area contributed by atoms with Crippen LogP contribution in [0.5, 0.6) is 5.75 Å². The molecule has 138 valence electrons. The van der Waals surface area contributed by atoms with Crippen LogP contribution in [0.2, 0.25) is 0 Å². The maximum atomic E-state index is 12.5. The fourth-order valence-electron chi connectivity index (χ4n) is 2.71. The Labute approximate surface area is 162 Å². The number of hydrogen-bond donors (Lipinski definition) is 0. The number of benzene rings is 3. The van der Waals surface area contributed by atoms with Gasteiger partial charge in [0, 0.05) is 11.1 Å². The van der Waals surface area contributed by atoms with Crippen molar-refractivity contribution in [1.29, 1.82) is 0 Å². The topological polar surface area (TPSA) is 69.9 Å². The SMILES string of the molecule is O=C(Cn1nnc(-c2ccccc2)n1)c1ccc(OCc2ccccc2)cc1. The number of tetrazole rings is 1. The second-order valence-electron chi connectivity index (χ2n) is 6.23. The normalized spacial score (nSPS) is 10.6. The quantitative estimate of drug-likeness (QED) is 0.463. The molecule has 0 aliphatic rings. The van der Waals surface area contributed by atoms with Crippen molar-refractivity contribution in [3.63, 3.8) is 0 Å². The van der Waals surface area contributed by atoms with Gasteiger partial charge in [-0.15, -0.1) is 10.2 Å². The largest absolute Gasteiger partial charge is 0.489 e. The van der Waals surface area contributed by atoms with Gasteiger partial charge in [0.15, 0.2) is 5.78 Å². The van der Waals surface area contributed by atoms with Crippen LogP contribution in [0.1, 0.15) is 15.9 Å². The van der Waals surface area contributed by atoms with E-state index >= 15 is 0 Å². The van der Waals surface area contributed by atoms with Gasteiger partial charge in [-0.1, -0.05) is 60.7 Å². The molecule has 6 heteroatoms. The summed E-state index contributed by atoms with van der Waals surface area (Å²) in [6.45, 7) is 0.517. The number of carbonyl (C=O) groups is 1. The van der Waals surface area contributed by atoms with Crippen LogP contribution < -0.4 is 4.74 Å². The van der Waals surface area contributed by atoms with Gasteiger partial charge in [-0.05, 0) is 35.0 Å². The molecule has 0 aliphatic heterocycles. The number of nitrogens with zero attached hydrogens (tertiary/aromatic N) is 4. The number of Topliss-reactive ketones (excluding diaryl/α,β-unsaturated/α-hetero) is 1. The summed E-state index contributed by atoms with van der Waals surface area (Å²) < 4.78 is 5.75. The van der Waals surface area contributed by atoms with Gasteiger partial charge in [0.2, 0.25) is 5.82 Å². The predicted octanol–water partition coefficient (Wildman–Crippen LogP) is 3.80. The van der Waals surface area contributed by atoms with Gasteiger partial charge >= 0.3 is 0 Å². The van der Waals surface area contributed by atoms with Gasteiger partial charge in [-0.2, -0.15) is 4.80 Å². The molecule has 4 aromatic rings. The molecule has 0 saturated heterocycles. The van der Waals surface area contributed by atoms with E-state index in [1.807, 2.05) is 60.7 Å². The molecule has 0 bridgehead atoms.